The molecule has 3 aromatic carbocycles. The Hall–Kier alpha value is -4.39. The molecule has 1 heterocycles. The van der Waals surface area contributed by atoms with E-state index >= 15 is 0 Å². The Bertz CT molecular complexity index is 1340. The van der Waals surface area contributed by atoms with Gasteiger partial charge >= 0.3 is 11.9 Å². The fourth-order valence-corrected chi connectivity index (χ4v) is 3.55. The van der Waals surface area contributed by atoms with Gasteiger partial charge in [0, 0.05) is 5.56 Å². The lowest BCUT2D eigenvalue weighted by Gasteiger charge is -2.09. The summed E-state index contributed by atoms with van der Waals surface area (Å²) in [5.74, 6) is -0.0273. The fourth-order valence-electron chi connectivity index (χ4n) is 3.55. The molecule has 0 aliphatic rings. The third kappa shape index (κ3) is 4.41. The summed E-state index contributed by atoms with van der Waals surface area (Å²) in [6.45, 7) is 4.07. The molecule has 0 N–H and O–H groups in total. The summed E-state index contributed by atoms with van der Waals surface area (Å²) >= 11 is 0. The molecule has 7 nitrogen and oxygen atoms in total. The molecular formula is C27H24N2O5. The summed E-state index contributed by atoms with van der Waals surface area (Å²) in [5, 5.41) is 4.60. The summed E-state index contributed by atoms with van der Waals surface area (Å²) in [6, 6.07) is 22.1. The number of methoxy groups -OCH3 is 2. The quantitative estimate of drug-likeness (QED) is 0.355. The van der Waals surface area contributed by atoms with Gasteiger partial charge in [0.15, 0.2) is 5.69 Å². The number of hydrogen-bond donors (Lipinski definition) is 0. The van der Waals surface area contributed by atoms with E-state index in [-0.39, 0.29) is 11.3 Å². The molecule has 0 radical (unpaired) electrons. The van der Waals surface area contributed by atoms with Crippen LogP contribution >= 0.6 is 0 Å². The van der Waals surface area contributed by atoms with Crippen molar-refractivity contribution < 1.29 is 23.8 Å². The third-order valence-electron chi connectivity index (χ3n) is 5.50. The van der Waals surface area contributed by atoms with Crippen LogP contribution in [0.3, 0.4) is 0 Å². The molecule has 0 unspecified atom stereocenters. The molecule has 0 saturated heterocycles. The van der Waals surface area contributed by atoms with Gasteiger partial charge in [-0.15, -0.1) is 0 Å². The highest BCUT2D eigenvalue weighted by molar-refractivity contribution is 6.06. The molecule has 172 valence electrons. The van der Waals surface area contributed by atoms with Gasteiger partial charge in [-0.05, 0) is 73.5 Å². The molecule has 1 aromatic heterocycles. The highest BCUT2D eigenvalue weighted by Gasteiger charge is 2.31. The van der Waals surface area contributed by atoms with Crippen molar-refractivity contribution in [1.29, 1.82) is 0 Å². The molecule has 7 heteroatoms. The zero-order chi connectivity index (χ0) is 24.2. The average molecular weight is 456 g/mol. The van der Waals surface area contributed by atoms with Crippen molar-refractivity contribution >= 4 is 11.9 Å². The Morgan fingerprint density at radius 2 is 1.41 bits per heavy atom. The van der Waals surface area contributed by atoms with Gasteiger partial charge in [0.25, 0.3) is 0 Å². The number of hydrogen-bond acceptors (Lipinski definition) is 6. The van der Waals surface area contributed by atoms with Crippen LogP contribution in [0.2, 0.25) is 0 Å². The van der Waals surface area contributed by atoms with Crippen LogP contribution in [0.4, 0.5) is 0 Å². The van der Waals surface area contributed by atoms with Crippen molar-refractivity contribution in [3.63, 3.8) is 0 Å². The summed E-state index contributed by atoms with van der Waals surface area (Å²) in [7, 11) is 2.51. The normalized spacial score (nSPS) is 10.6. The average Bonchev–Trinajstić information content (AvgIpc) is 3.27. The van der Waals surface area contributed by atoms with E-state index in [1.807, 2.05) is 50.2 Å². The number of para-hydroxylation sites is 1. The molecule has 0 aliphatic carbocycles. The Kier molecular flexibility index (Phi) is 6.45. The number of aromatic nitrogens is 2. The Balaban J connectivity index is 1.78. The largest absolute Gasteiger partial charge is 0.465 e. The van der Waals surface area contributed by atoms with E-state index in [9.17, 15) is 9.59 Å². The third-order valence-corrected chi connectivity index (χ3v) is 5.50. The maximum atomic E-state index is 12.8. The van der Waals surface area contributed by atoms with Crippen molar-refractivity contribution in [1.82, 2.24) is 9.78 Å². The van der Waals surface area contributed by atoms with E-state index in [4.69, 9.17) is 14.2 Å². The highest BCUT2D eigenvalue weighted by atomic mass is 16.5. The number of carbonyl (C=O) groups excluding carboxylic acids is 2. The lowest BCUT2D eigenvalue weighted by molar-refractivity contribution is 0.0549. The molecule has 4 aromatic rings. The summed E-state index contributed by atoms with van der Waals surface area (Å²) in [4.78, 5) is 25.4. The van der Waals surface area contributed by atoms with Crippen LogP contribution in [0.1, 0.15) is 32.0 Å². The van der Waals surface area contributed by atoms with Gasteiger partial charge in [-0.3, -0.25) is 0 Å². The van der Waals surface area contributed by atoms with Crippen LogP contribution in [0.15, 0.2) is 72.8 Å². The number of ether oxygens (including phenoxy) is 3. The van der Waals surface area contributed by atoms with Crippen molar-refractivity contribution in [2.24, 2.45) is 0 Å². The Labute approximate surface area is 197 Å². The molecular weight excluding hydrogens is 432 g/mol. The van der Waals surface area contributed by atoms with Gasteiger partial charge in [-0.2, -0.15) is 5.10 Å². The number of benzene rings is 3. The molecule has 0 atom stereocenters. The first kappa shape index (κ1) is 22.8. The first-order valence-corrected chi connectivity index (χ1v) is 10.6. The number of carbonyl (C=O) groups is 2. The summed E-state index contributed by atoms with van der Waals surface area (Å²) in [5.41, 5.74) is 3.87. The van der Waals surface area contributed by atoms with E-state index in [2.05, 4.69) is 5.10 Å². The van der Waals surface area contributed by atoms with Gasteiger partial charge < -0.3 is 14.2 Å². The molecule has 0 spiro atoms. The zero-order valence-corrected chi connectivity index (χ0v) is 19.4. The fraction of sp³-hybridized carbons (Fsp3) is 0.148. The van der Waals surface area contributed by atoms with E-state index in [1.165, 1.54) is 24.5 Å². The van der Waals surface area contributed by atoms with Gasteiger partial charge in [0.1, 0.15) is 22.8 Å². The zero-order valence-electron chi connectivity index (χ0n) is 19.4. The maximum Gasteiger partial charge on any atom is 0.357 e. The number of esters is 2. The second-order valence-electron chi connectivity index (χ2n) is 7.68. The SMILES string of the molecule is COC(=O)c1c(-c2ccc(Oc3ccc(C)c(C)c3)cc2)nn(-c2ccccc2)c1C(=O)OC. The topological polar surface area (TPSA) is 79.7 Å². The predicted octanol–water partition coefficient (Wildman–Crippen LogP) is 5.52. The number of rotatable bonds is 6. The molecule has 4 rings (SSSR count). The maximum absolute atomic E-state index is 12.8. The Morgan fingerprint density at radius 3 is 2.03 bits per heavy atom. The monoisotopic (exact) mass is 456 g/mol. The van der Waals surface area contributed by atoms with Crippen LogP contribution in [0, 0.1) is 13.8 Å². The number of aryl methyl sites for hydroxylation is 2. The van der Waals surface area contributed by atoms with Crippen LogP contribution in [0.25, 0.3) is 16.9 Å². The van der Waals surface area contributed by atoms with Crippen molar-refractivity contribution in [2.45, 2.75) is 13.8 Å². The lowest BCUT2D eigenvalue weighted by atomic mass is 10.1. The van der Waals surface area contributed by atoms with Crippen molar-refractivity contribution in [2.75, 3.05) is 14.2 Å². The van der Waals surface area contributed by atoms with Crippen LogP contribution < -0.4 is 4.74 Å². The van der Waals surface area contributed by atoms with Crippen LogP contribution in [0.5, 0.6) is 11.5 Å². The van der Waals surface area contributed by atoms with Gasteiger partial charge in [-0.25, -0.2) is 14.3 Å². The van der Waals surface area contributed by atoms with Gasteiger partial charge in [0.2, 0.25) is 0 Å². The van der Waals surface area contributed by atoms with Crippen molar-refractivity contribution in [3.8, 4) is 28.4 Å². The standard InChI is InChI=1S/C27H24N2O5/c1-17-10-13-22(16-18(17)2)34-21-14-11-19(12-15-21)24-23(26(30)32-3)25(27(31)33-4)29(28-24)20-8-6-5-7-9-20/h5-16H,1-4H3. The minimum Gasteiger partial charge on any atom is -0.465 e. The molecule has 0 bridgehead atoms. The van der Waals surface area contributed by atoms with Crippen LogP contribution in [-0.4, -0.2) is 35.9 Å². The second kappa shape index (κ2) is 9.62. The number of nitrogens with zero attached hydrogens (tertiary/aromatic N) is 2. The highest BCUT2D eigenvalue weighted by Crippen LogP contribution is 2.31. The van der Waals surface area contributed by atoms with E-state index in [1.54, 1.807) is 36.4 Å². The predicted molar refractivity (Wildman–Crippen MR) is 128 cm³/mol. The lowest BCUT2D eigenvalue weighted by Crippen LogP contribution is -2.15. The van der Waals surface area contributed by atoms with E-state index < -0.39 is 11.9 Å². The Morgan fingerprint density at radius 1 is 0.765 bits per heavy atom. The molecule has 34 heavy (non-hydrogen) atoms. The van der Waals surface area contributed by atoms with E-state index in [0.717, 1.165) is 11.3 Å². The molecule has 0 saturated carbocycles. The molecule has 0 amide bonds. The molecule has 0 aliphatic heterocycles. The summed E-state index contributed by atoms with van der Waals surface area (Å²) in [6.07, 6.45) is 0. The second-order valence-corrected chi connectivity index (χ2v) is 7.68. The van der Waals surface area contributed by atoms with Crippen molar-refractivity contribution in [3.05, 3.63) is 95.2 Å². The van der Waals surface area contributed by atoms with Crippen LogP contribution in [-0.2, 0) is 9.47 Å². The minimum atomic E-state index is -0.697. The smallest absolute Gasteiger partial charge is 0.357 e. The first-order valence-electron chi connectivity index (χ1n) is 10.6. The van der Waals surface area contributed by atoms with E-state index in [0.29, 0.717) is 22.7 Å². The molecule has 0 fully saturated rings. The minimum absolute atomic E-state index is 0.00833. The first-order chi connectivity index (χ1) is 16.4. The summed E-state index contributed by atoms with van der Waals surface area (Å²) < 4.78 is 17.3. The van der Waals surface area contributed by atoms with Gasteiger partial charge in [0.05, 0.1) is 19.9 Å². The van der Waals surface area contributed by atoms with Gasteiger partial charge in [-0.1, -0.05) is 24.3 Å².